The second-order valence-electron chi connectivity index (χ2n) is 5.40. The molecule has 7 nitrogen and oxygen atoms in total. The van der Waals surface area contributed by atoms with E-state index in [1.165, 1.54) is 19.2 Å². The lowest BCUT2D eigenvalue weighted by molar-refractivity contribution is -0.183. The number of ether oxygens (including phenoxy) is 2. The molecule has 1 aromatic heterocycles. The molecule has 0 aliphatic heterocycles. The summed E-state index contributed by atoms with van der Waals surface area (Å²) in [5.74, 6) is -1.10. The molecule has 0 fully saturated rings. The normalized spacial score (nSPS) is 23.5. The standard InChI is InChI=1S/C16H16O7/c1-21-11-7-6-10-13(16(11,20)15(19)22-2)14(18)12-8(17)4-3-5-9(12)23-10/h3-5,11,17,20H,6-7H2,1-2H3. The molecule has 0 saturated heterocycles. The van der Waals surface area contributed by atoms with Crippen molar-refractivity contribution in [2.24, 2.45) is 0 Å². The minimum atomic E-state index is -2.28. The smallest absolute Gasteiger partial charge is 0.345 e. The molecule has 1 aliphatic carbocycles. The number of carbonyl (C=O) groups excluding carboxylic acids is 1. The number of phenols is 1. The van der Waals surface area contributed by atoms with Crippen LogP contribution in [0.25, 0.3) is 11.0 Å². The molecule has 1 heterocycles. The molecule has 0 bridgehead atoms. The predicted molar refractivity (Wildman–Crippen MR) is 79.2 cm³/mol. The highest BCUT2D eigenvalue weighted by atomic mass is 16.6. The van der Waals surface area contributed by atoms with Gasteiger partial charge < -0.3 is 24.1 Å². The molecule has 2 N–H and O–H groups in total. The van der Waals surface area contributed by atoms with Crippen LogP contribution >= 0.6 is 0 Å². The molecule has 7 heteroatoms. The zero-order valence-corrected chi connectivity index (χ0v) is 12.7. The lowest BCUT2D eigenvalue weighted by Gasteiger charge is -2.36. The second kappa shape index (κ2) is 5.36. The molecule has 2 atom stereocenters. The summed E-state index contributed by atoms with van der Waals surface area (Å²) in [7, 11) is 2.45. The minimum Gasteiger partial charge on any atom is -0.507 e. The van der Waals surface area contributed by atoms with Gasteiger partial charge in [0.05, 0.1) is 12.7 Å². The quantitative estimate of drug-likeness (QED) is 0.789. The van der Waals surface area contributed by atoms with Crippen molar-refractivity contribution in [2.45, 2.75) is 24.5 Å². The van der Waals surface area contributed by atoms with Crippen LogP contribution in [0.3, 0.4) is 0 Å². The van der Waals surface area contributed by atoms with Crippen molar-refractivity contribution in [1.29, 1.82) is 0 Å². The Kier molecular flexibility index (Phi) is 3.62. The van der Waals surface area contributed by atoms with Gasteiger partial charge in [-0.3, -0.25) is 4.79 Å². The SMILES string of the molecule is COC(=O)C1(O)c2c(oc3cccc(O)c3c2=O)CCC1OC. The van der Waals surface area contributed by atoms with E-state index in [0.29, 0.717) is 6.42 Å². The summed E-state index contributed by atoms with van der Waals surface area (Å²) in [6, 6.07) is 4.41. The maximum absolute atomic E-state index is 12.8. The summed E-state index contributed by atoms with van der Waals surface area (Å²) >= 11 is 0. The van der Waals surface area contributed by atoms with E-state index in [1.54, 1.807) is 6.07 Å². The fourth-order valence-electron chi connectivity index (χ4n) is 3.14. The highest BCUT2D eigenvalue weighted by Crippen LogP contribution is 2.38. The summed E-state index contributed by atoms with van der Waals surface area (Å²) in [5, 5.41) is 20.8. The number of aliphatic hydroxyl groups is 1. The average Bonchev–Trinajstić information content (AvgIpc) is 2.54. The Morgan fingerprint density at radius 3 is 2.78 bits per heavy atom. The maximum Gasteiger partial charge on any atom is 0.345 e. The maximum atomic E-state index is 12.8. The van der Waals surface area contributed by atoms with Crippen molar-refractivity contribution in [3.8, 4) is 5.75 Å². The van der Waals surface area contributed by atoms with E-state index >= 15 is 0 Å². The number of carbonyl (C=O) groups is 1. The van der Waals surface area contributed by atoms with Gasteiger partial charge in [0.25, 0.3) is 0 Å². The first-order valence-electron chi connectivity index (χ1n) is 7.06. The molecule has 2 aromatic rings. The van der Waals surface area contributed by atoms with Gasteiger partial charge in [-0.25, -0.2) is 4.79 Å². The Morgan fingerprint density at radius 2 is 2.13 bits per heavy atom. The molecule has 3 rings (SSSR count). The molecule has 0 saturated carbocycles. The van der Waals surface area contributed by atoms with Crippen molar-refractivity contribution < 1.29 is 28.9 Å². The van der Waals surface area contributed by atoms with Crippen LogP contribution in [0, 0.1) is 0 Å². The molecule has 0 spiro atoms. The van der Waals surface area contributed by atoms with Crippen LogP contribution < -0.4 is 5.43 Å². The Morgan fingerprint density at radius 1 is 1.39 bits per heavy atom. The van der Waals surface area contributed by atoms with Crippen molar-refractivity contribution in [3.05, 3.63) is 39.7 Å². The second-order valence-corrected chi connectivity index (χ2v) is 5.40. The number of phenolic OH excluding ortho intramolecular Hbond substituents is 1. The topological polar surface area (TPSA) is 106 Å². The van der Waals surface area contributed by atoms with Gasteiger partial charge in [0.1, 0.15) is 28.6 Å². The van der Waals surface area contributed by atoms with E-state index in [2.05, 4.69) is 4.74 Å². The molecule has 1 aromatic carbocycles. The first kappa shape index (κ1) is 15.5. The lowest BCUT2D eigenvalue weighted by Crippen LogP contribution is -2.54. The minimum absolute atomic E-state index is 0.0923. The summed E-state index contributed by atoms with van der Waals surface area (Å²) in [6.07, 6.45) is -0.357. The van der Waals surface area contributed by atoms with E-state index in [1.807, 2.05) is 0 Å². The van der Waals surface area contributed by atoms with Crippen molar-refractivity contribution in [3.63, 3.8) is 0 Å². The van der Waals surface area contributed by atoms with Gasteiger partial charge in [0.15, 0.2) is 0 Å². The van der Waals surface area contributed by atoms with Gasteiger partial charge in [-0.1, -0.05) is 6.07 Å². The van der Waals surface area contributed by atoms with Crippen LogP contribution in [0.5, 0.6) is 5.75 Å². The van der Waals surface area contributed by atoms with E-state index in [4.69, 9.17) is 9.15 Å². The van der Waals surface area contributed by atoms with Crippen molar-refractivity contribution >= 4 is 16.9 Å². The Bertz CT molecular complexity index is 838. The molecule has 0 radical (unpaired) electrons. The largest absolute Gasteiger partial charge is 0.507 e. The van der Waals surface area contributed by atoms with Gasteiger partial charge in [-0.15, -0.1) is 0 Å². The number of hydrogen-bond donors (Lipinski definition) is 2. The zero-order chi connectivity index (χ0) is 16.8. The fourth-order valence-corrected chi connectivity index (χ4v) is 3.14. The molecule has 2 unspecified atom stereocenters. The zero-order valence-electron chi connectivity index (χ0n) is 12.7. The third kappa shape index (κ3) is 2.04. The number of benzene rings is 1. The molecular formula is C16H16O7. The number of rotatable bonds is 2. The molecule has 1 aliphatic rings. The first-order chi connectivity index (χ1) is 10.9. The van der Waals surface area contributed by atoms with Crippen LogP contribution in [0.2, 0.25) is 0 Å². The first-order valence-corrected chi connectivity index (χ1v) is 7.06. The van der Waals surface area contributed by atoms with Crippen molar-refractivity contribution in [2.75, 3.05) is 14.2 Å². The van der Waals surface area contributed by atoms with Gasteiger partial charge in [-0.2, -0.15) is 0 Å². The van der Waals surface area contributed by atoms with Gasteiger partial charge in [-0.05, 0) is 18.6 Å². The average molecular weight is 320 g/mol. The van der Waals surface area contributed by atoms with Gasteiger partial charge in [0.2, 0.25) is 11.0 Å². The lowest BCUT2D eigenvalue weighted by atomic mass is 9.78. The van der Waals surface area contributed by atoms with Gasteiger partial charge in [0, 0.05) is 13.5 Å². The highest BCUT2D eigenvalue weighted by Gasteiger charge is 2.53. The molecule has 122 valence electrons. The Balaban J connectivity index is 2.41. The highest BCUT2D eigenvalue weighted by molar-refractivity contribution is 5.88. The molecule has 23 heavy (non-hydrogen) atoms. The third-order valence-corrected chi connectivity index (χ3v) is 4.23. The van der Waals surface area contributed by atoms with Crippen molar-refractivity contribution in [1.82, 2.24) is 0 Å². The number of hydrogen-bond acceptors (Lipinski definition) is 7. The molecular weight excluding hydrogens is 304 g/mol. The predicted octanol–water partition coefficient (Wildman–Crippen LogP) is 0.820. The van der Waals surface area contributed by atoms with Crippen LogP contribution in [-0.2, 0) is 26.3 Å². The Labute approximate surface area is 131 Å². The summed E-state index contributed by atoms with van der Waals surface area (Å²) in [5.41, 5.74) is -3.00. The van der Waals surface area contributed by atoms with Crippen LogP contribution in [0.15, 0.2) is 27.4 Å². The van der Waals surface area contributed by atoms with Crippen LogP contribution in [0.4, 0.5) is 0 Å². The summed E-state index contributed by atoms with van der Waals surface area (Å²) < 4.78 is 15.5. The van der Waals surface area contributed by atoms with E-state index in [-0.39, 0.29) is 34.5 Å². The van der Waals surface area contributed by atoms with Crippen LogP contribution in [-0.4, -0.2) is 36.5 Å². The summed E-state index contributed by atoms with van der Waals surface area (Å²) in [6.45, 7) is 0. The van der Waals surface area contributed by atoms with E-state index < -0.39 is 23.1 Å². The third-order valence-electron chi connectivity index (χ3n) is 4.23. The number of methoxy groups -OCH3 is 2. The summed E-state index contributed by atoms with van der Waals surface area (Å²) in [4.78, 5) is 25.0. The van der Waals surface area contributed by atoms with Crippen LogP contribution in [0.1, 0.15) is 17.7 Å². The number of aryl methyl sites for hydroxylation is 1. The monoisotopic (exact) mass is 320 g/mol. The fraction of sp³-hybridized carbons (Fsp3) is 0.375. The van der Waals surface area contributed by atoms with Gasteiger partial charge >= 0.3 is 5.97 Å². The van der Waals surface area contributed by atoms with E-state index in [0.717, 1.165) is 7.11 Å². The Hall–Kier alpha value is -2.38. The number of aromatic hydroxyl groups is 1. The molecule has 0 amide bonds. The van der Waals surface area contributed by atoms with E-state index in [9.17, 15) is 19.8 Å². The number of esters is 1. The number of fused-ring (bicyclic) bond motifs is 2.